The molecule has 130 valence electrons. The average molecular weight is 336 g/mol. The molecule has 6 nitrogen and oxygen atoms in total. The van der Waals surface area contributed by atoms with Crippen LogP contribution in [0.2, 0.25) is 0 Å². The summed E-state index contributed by atoms with van der Waals surface area (Å²) >= 11 is 0. The number of rotatable bonds is 8. The third-order valence-electron chi connectivity index (χ3n) is 3.77. The smallest absolute Gasteiger partial charge is 0.239 e. The van der Waals surface area contributed by atoms with Crippen LogP contribution < -0.4 is 16.4 Å². The number of ether oxygens (including phenoxy) is 1. The molecule has 1 atom stereocenters. The number of carbonyl (C=O) groups is 2. The minimum absolute atomic E-state index is 0. The molecule has 1 rings (SSSR count). The summed E-state index contributed by atoms with van der Waals surface area (Å²) in [6.07, 6.45) is 6.36. The number of hydrogen-bond donors (Lipinski definition) is 3. The molecule has 22 heavy (non-hydrogen) atoms. The molecule has 0 aromatic carbocycles. The number of hydrogen-bond acceptors (Lipinski definition) is 4. The Labute approximate surface area is 139 Å². The maximum absolute atomic E-state index is 11.6. The van der Waals surface area contributed by atoms with Crippen molar-refractivity contribution in [3.63, 3.8) is 0 Å². The van der Waals surface area contributed by atoms with E-state index in [-0.39, 0.29) is 36.7 Å². The summed E-state index contributed by atoms with van der Waals surface area (Å²) < 4.78 is 5.71. The topological polar surface area (TPSA) is 93.5 Å². The van der Waals surface area contributed by atoms with Gasteiger partial charge in [-0.15, -0.1) is 12.4 Å². The van der Waals surface area contributed by atoms with Crippen LogP contribution in [0.25, 0.3) is 0 Å². The maximum Gasteiger partial charge on any atom is 0.239 e. The van der Waals surface area contributed by atoms with Crippen molar-refractivity contribution in [1.82, 2.24) is 10.6 Å². The highest BCUT2D eigenvalue weighted by Crippen LogP contribution is 2.19. The fourth-order valence-corrected chi connectivity index (χ4v) is 2.30. The van der Waals surface area contributed by atoms with Crippen molar-refractivity contribution in [2.45, 2.75) is 58.1 Å². The molecule has 0 aromatic rings. The lowest BCUT2D eigenvalue weighted by molar-refractivity contribution is -0.127. The summed E-state index contributed by atoms with van der Waals surface area (Å²) in [6.45, 7) is 4.69. The monoisotopic (exact) mass is 335 g/mol. The molecule has 0 unspecified atom stereocenters. The summed E-state index contributed by atoms with van der Waals surface area (Å²) in [5.74, 6) is -0.456. The van der Waals surface area contributed by atoms with E-state index in [1.807, 2.05) is 13.8 Å². The Hall–Kier alpha value is -0.850. The Morgan fingerprint density at radius 2 is 1.82 bits per heavy atom. The highest BCUT2D eigenvalue weighted by atomic mass is 35.5. The fraction of sp³-hybridized carbons (Fsp3) is 0.867. The van der Waals surface area contributed by atoms with Crippen molar-refractivity contribution in [1.29, 1.82) is 0 Å². The lowest BCUT2D eigenvalue weighted by Crippen LogP contribution is -2.47. The van der Waals surface area contributed by atoms with E-state index in [1.165, 1.54) is 19.3 Å². The quantitative estimate of drug-likeness (QED) is 0.576. The van der Waals surface area contributed by atoms with Crippen LogP contribution in [0.5, 0.6) is 0 Å². The van der Waals surface area contributed by atoms with Crippen molar-refractivity contribution < 1.29 is 14.3 Å². The van der Waals surface area contributed by atoms with E-state index in [1.54, 1.807) is 0 Å². The van der Waals surface area contributed by atoms with Gasteiger partial charge in [-0.3, -0.25) is 9.59 Å². The maximum atomic E-state index is 11.6. The third kappa shape index (κ3) is 8.56. The standard InChI is InChI=1S/C15H29N3O3.ClH/c1-11(2)14(16)15(20)18-10-13(19)17-8-9-21-12-6-4-3-5-7-12;/h11-12,14H,3-10,16H2,1-2H3,(H,17,19)(H,18,20);1H/t14-;/m0./s1. The third-order valence-corrected chi connectivity index (χ3v) is 3.77. The van der Waals surface area contributed by atoms with Gasteiger partial charge in [-0.25, -0.2) is 0 Å². The fourth-order valence-electron chi connectivity index (χ4n) is 2.30. The predicted molar refractivity (Wildman–Crippen MR) is 88.9 cm³/mol. The molecule has 0 spiro atoms. The van der Waals surface area contributed by atoms with Crippen molar-refractivity contribution >= 4 is 24.2 Å². The van der Waals surface area contributed by atoms with Gasteiger partial charge in [0.1, 0.15) is 0 Å². The summed E-state index contributed by atoms with van der Waals surface area (Å²) in [5.41, 5.74) is 5.69. The number of amides is 2. The Kier molecular flexibility index (Phi) is 11.2. The van der Waals surface area contributed by atoms with Gasteiger partial charge in [0.2, 0.25) is 11.8 Å². The van der Waals surface area contributed by atoms with Gasteiger partial charge >= 0.3 is 0 Å². The van der Waals surface area contributed by atoms with Gasteiger partial charge in [-0.1, -0.05) is 33.1 Å². The molecule has 1 fully saturated rings. The van der Waals surface area contributed by atoms with Crippen LogP contribution in [0, 0.1) is 5.92 Å². The van der Waals surface area contributed by atoms with Gasteiger partial charge in [-0.05, 0) is 18.8 Å². The molecule has 0 saturated heterocycles. The number of nitrogens with one attached hydrogen (secondary N) is 2. The largest absolute Gasteiger partial charge is 0.376 e. The van der Waals surface area contributed by atoms with Crippen LogP contribution >= 0.6 is 12.4 Å². The van der Waals surface area contributed by atoms with Gasteiger partial charge in [0.05, 0.1) is 25.3 Å². The predicted octanol–water partition coefficient (Wildman–Crippen LogP) is 0.973. The summed E-state index contributed by atoms with van der Waals surface area (Å²) in [5, 5.41) is 5.26. The Balaban J connectivity index is 0.00000441. The second-order valence-corrected chi connectivity index (χ2v) is 5.97. The summed E-state index contributed by atoms with van der Waals surface area (Å²) in [7, 11) is 0. The van der Waals surface area contributed by atoms with Crippen LogP contribution in [-0.4, -0.2) is 43.7 Å². The van der Waals surface area contributed by atoms with Crippen molar-refractivity contribution in [3.8, 4) is 0 Å². The first-order chi connectivity index (χ1) is 10.0. The van der Waals surface area contributed by atoms with Gasteiger partial charge in [0, 0.05) is 6.54 Å². The van der Waals surface area contributed by atoms with Crippen molar-refractivity contribution in [3.05, 3.63) is 0 Å². The summed E-state index contributed by atoms with van der Waals surface area (Å²) in [4.78, 5) is 23.2. The molecular weight excluding hydrogens is 306 g/mol. The van der Waals surface area contributed by atoms with Crippen LogP contribution in [0.3, 0.4) is 0 Å². The molecule has 0 aromatic heterocycles. The van der Waals surface area contributed by atoms with Crippen LogP contribution in [0.15, 0.2) is 0 Å². The van der Waals surface area contributed by atoms with Gasteiger partial charge in [0.25, 0.3) is 0 Å². The molecule has 2 amide bonds. The van der Waals surface area contributed by atoms with E-state index in [2.05, 4.69) is 10.6 Å². The zero-order valence-electron chi connectivity index (χ0n) is 13.6. The molecule has 0 radical (unpaired) electrons. The minimum atomic E-state index is -0.576. The van der Waals surface area contributed by atoms with Crippen LogP contribution in [0.1, 0.15) is 46.0 Å². The summed E-state index contributed by atoms with van der Waals surface area (Å²) in [6, 6.07) is -0.576. The van der Waals surface area contributed by atoms with Gasteiger partial charge in [0.15, 0.2) is 0 Å². The first kappa shape index (κ1) is 21.1. The van der Waals surface area contributed by atoms with Gasteiger partial charge < -0.3 is 21.1 Å². The Bertz CT molecular complexity index is 334. The first-order valence-corrected chi connectivity index (χ1v) is 7.92. The molecule has 1 saturated carbocycles. The number of halogens is 1. The highest BCUT2D eigenvalue weighted by Gasteiger charge is 2.17. The molecule has 0 heterocycles. The first-order valence-electron chi connectivity index (χ1n) is 7.92. The molecule has 1 aliphatic rings. The normalized spacial score (nSPS) is 16.7. The van der Waals surface area contributed by atoms with E-state index in [0.29, 0.717) is 19.3 Å². The zero-order valence-corrected chi connectivity index (χ0v) is 14.4. The lowest BCUT2D eigenvalue weighted by Gasteiger charge is -2.22. The number of nitrogens with two attached hydrogens (primary N) is 1. The number of carbonyl (C=O) groups excluding carboxylic acids is 2. The van der Waals surface area contributed by atoms with E-state index in [4.69, 9.17) is 10.5 Å². The molecule has 0 bridgehead atoms. The molecule has 0 aliphatic heterocycles. The SMILES string of the molecule is CC(C)[C@H](N)C(=O)NCC(=O)NCCOC1CCCCC1.Cl. The second-order valence-electron chi connectivity index (χ2n) is 5.97. The van der Waals surface area contributed by atoms with E-state index in [0.717, 1.165) is 12.8 Å². The van der Waals surface area contributed by atoms with Crippen LogP contribution in [-0.2, 0) is 14.3 Å². The lowest BCUT2D eigenvalue weighted by atomic mass is 9.98. The molecule has 7 heteroatoms. The highest BCUT2D eigenvalue weighted by molar-refractivity contribution is 5.87. The van der Waals surface area contributed by atoms with E-state index >= 15 is 0 Å². The van der Waals surface area contributed by atoms with Crippen molar-refractivity contribution in [2.24, 2.45) is 11.7 Å². The van der Waals surface area contributed by atoms with E-state index in [9.17, 15) is 9.59 Å². The van der Waals surface area contributed by atoms with Crippen molar-refractivity contribution in [2.75, 3.05) is 19.7 Å². The zero-order chi connectivity index (χ0) is 15.7. The van der Waals surface area contributed by atoms with E-state index < -0.39 is 6.04 Å². The van der Waals surface area contributed by atoms with Crippen LogP contribution in [0.4, 0.5) is 0 Å². The van der Waals surface area contributed by atoms with Gasteiger partial charge in [-0.2, -0.15) is 0 Å². The Morgan fingerprint density at radius 3 is 2.41 bits per heavy atom. The minimum Gasteiger partial charge on any atom is -0.376 e. The Morgan fingerprint density at radius 1 is 1.18 bits per heavy atom. The second kappa shape index (κ2) is 11.7. The molecular formula is C15H30ClN3O3. The molecule has 1 aliphatic carbocycles. The average Bonchev–Trinajstić information content (AvgIpc) is 2.49. The molecule has 4 N–H and O–H groups in total.